The summed E-state index contributed by atoms with van der Waals surface area (Å²) in [5.41, 5.74) is 0. The first-order valence-corrected chi connectivity index (χ1v) is 7.01. The molecule has 0 radical (unpaired) electrons. The van der Waals surface area contributed by atoms with E-state index in [2.05, 4.69) is 0 Å². The maximum atomic E-state index is 12.2. The Bertz CT molecular complexity index is 507. The first-order chi connectivity index (χ1) is 9.67. The lowest BCUT2D eigenvalue weighted by Gasteiger charge is -2.16. The average Bonchev–Trinajstić information content (AvgIpc) is 2.35. The number of nitrogens with one attached hydrogen (secondary N) is 1. The Hall–Kier alpha value is -1.41. The van der Waals surface area contributed by atoms with Crippen LogP contribution in [0.5, 0.6) is 0 Å². The molecule has 1 atom stereocenters. The van der Waals surface area contributed by atoms with Crippen molar-refractivity contribution < 1.29 is 27.9 Å². The number of thioether (sulfide) groups is 1. The molecule has 0 aromatic heterocycles. The SMILES string of the molecule is O=C(CSc1ccc(Cl)cc1)NC(CC(F)(F)F)C(=O)O. The lowest BCUT2D eigenvalue weighted by atomic mass is 10.2. The molecule has 0 aliphatic rings. The van der Waals surface area contributed by atoms with Crippen LogP contribution in [0.4, 0.5) is 13.2 Å². The Kier molecular flexibility index (Phi) is 6.35. The maximum absolute atomic E-state index is 12.2. The molecule has 0 saturated heterocycles. The lowest BCUT2D eigenvalue weighted by molar-refractivity contribution is -0.159. The molecule has 1 aromatic carbocycles. The Balaban J connectivity index is 2.50. The molecule has 116 valence electrons. The van der Waals surface area contributed by atoms with Crippen LogP contribution in [0.15, 0.2) is 29.2 Å². The summed E-state index contributed by atoms with van der Waals surface area (Å²) < 4.78 is 36.5. The van der Waals surface area contributed by atoms with E-state index in [-0.39, 0.29) is 5.75 Å². The van der Waals surface area contributed by atoms with E-state index in [1.165, 1.54) is 0 Å². The van der Waals surface area contributed by atoms with Crippen LogP contribution in [-0.4, -0.2) is 35.0 Å². The highest BCUT2D eigenvalue weighted by molar-refractivity contribution is 8.00. The molecule has 0 bridgehead atoms. The zero-order valence-electron chi connectivity index (χ0n) is 10.5. The summed E-state index contributed by atoms with van der Waals surface area (Å²) >= 11 is 6.74. The number of rotatable bonds is 6. The minimum atomic E-state index is -4.67. The number of carboxylic acids is 1. The fraction of sp³-hybridized carbons (Fsp3) is 0.333. The minimum Gasteiger partial charge on any atom is -0.480 e. The van der Waals surface area contributed by atoms with Gasteiger partial charge in [-0.05, 0) is 24.3 Å². The monoisotopic (exact) mass is 341 g/mol. The van der Waals surface area contributed by atoms with Gasteiger partial charge >= 0.3 is 12.1 Å². The van der Waals surface area contributed by atoms with Gasteiger partial charge in [-0.2, -0.15) is 13.2 Å². The van der Waals surface area contributed by atoms with Crippen molar-refractivity contribution in [2.45, 2.75) is 23.5 Å². The first-order valence-electron chi connectivity index (χ1n) is 5.64. The van der Waals surface area contributed by atoms with E-state index in [1.54, 1.807) is 24.3 Å². The van der Waals surface area contributed by atoms with Crippen LogP contribution < -0.4 is 5.32 Å². The molecule has 0 aliphatic carbocycles. The number of carbonyl (C=O) groups excluding carboxylic acids is 1. The Morgan fingerprint density at radius 3 is 2.33 bits per heavy atom. The number of carboxylic acid groups (broad SMARTS) is 1. The quantitative estimate of drug-likeness (QED) is 0.781. The molecule has 4 nitrogen and oxygen atoms in total. The van der Waals surface area contributed by atoms with E-state index < -0.39 is 30.5 Å². The summed E-state index contributed by atoms with van der Waals surface area (Å²) in [4.78, 5) is 22.9. The third-order valence-electron chi connectivity index (χ3n) is 2.25. The van der Waals surface area contributed by atoms with Gasteiger partial charge in [-0.1, -0.05) is 11.6 Å². The predicted octanol–water partition coefficient (Wildman–Crippen LogP) is 2.95. The summed E-state index contributed by atoms with van der Waals surface area (Å²) in [5.74, 6) is -2.70. The van der Waals surface area contributed by atoms with Gasteiger partial charge in [0.05, 0.1) is 12.2 Å². The smallest absolute Gasteiger partial charge is 0.391 e. The molecule has 0 fully saturated rings. The van der Waals surface area contributed by atoms with Crippen molar-refractivity contribution in [2.24, 2.45) is 0 Å². The molecule has 0 heterocycles. The second-order valence-corrected chi connectivity index (χ2v) is 5.51. The highest BCUT2D eigenvalue weighted by Gasteiger charge is 2.36. The molecule has 1 aromatic rings. The van der Waals surface area contributed by atoms with Crippen molar-refractivity contribution in [2.75, 3.05) is 5.75 Å². The van der Waals surface area contributed by atoms with E-state index in [1.807, 2.05) is 5.32 Å². The van der Waals surface area contributed by atoms with Crippen LogP contribution in [0.2, 0.25) is 5.02 Å². The number of amides is 1. The molecule has 21 heavy (non-hydrogen) atoms. The molecular formula is C12H11ClF3NO3S. The van der Waals surface area contributed by atoms with Gasteiger partial charge in [0.2, 0.25) is 5.91 Å². The van der Waals surface area contributed by atoms with Crippen LogP contribution in [0.25, 0.3) is 0 Å². The summed E-state index contributed by atoms with van der Waals surface area (Å²) in [6.45, 7) is 0. The largest absolute Gasteiger partial charge is 0.480 e. The van der Waals surface area contributed by atoms with Crippen LogP contribution in [0.1, 0.15) is 6.42 Å². The van der Waals surface area contributed by atoms with Crippen molar-refractivity contribution in [3.05, 3.63) is 29.3 Å². The molecule has 1 unspecified atom stereocenters. The maximum Gasteiger partial charge on any atom is 0.391 e. The number of aliphatic carboxylic acids is 1. The summed E-state index contributed by atoms with van der Waals surface area (Å²) in [5, 5.41) is 11.0. The molecule has 1 amide bonds. The average molecular weight is 342 g/mol. The fourth-order valence-corrected chi connectivity index (χ4v) is 2.18. The topological polar surface area (TPSA) is 66.4 Å². The van der Waals surface area contributed by atoms with Gasteiger partial charge in [0.15, 0.2) is 0 Å². The Labute approximate surface area is 127 Å². The molecule has 9 heteroatoms. The standard InChI is InChI=1S/C12H11ClF3NO3S/c13-7-1-3-8(4-2-7)21-6-10(18)17-9(11(19)20)5-12(14,15)16/h1-4,9H,5-6H2,(H,17,18)(H,19,20). The Morgan fingerprint density at radius 1 is 1.29 bits per heavy atom. The third kappa shape index (κ3) is 7.24. The van der Waals surface area contributed by atoms with Crippen molar-refractivity contribution in [3.8, 4) is 0 Å². The summed E-state index contributed by atoms with van der Waals surface area (Å²) in [7, 11) is 0. The fourth-order valence-electron chi connectivity index (χ4n) is 1.35. The number of halogens is 4. The van der Waals surface area contributed by atoms with Gasteiger partial charge in [-0.3, -0.25) is 4.79 Å². The lowest BCUT2D eigenvalue weighted by Crippen LogP contribution is -2.44. The number of alkyl halides is 3. The first kappa shape index (κ1) is 17.6. The van der Waals surface area contributed by atoms with E-state index in [0.717, 1.165) is 11.8 Å². The normalized spacial score (nSPS) is 12.8. The van der Waals surface area contributed by atoms with E-state index in [0.29, 0.717) is 9.92 Å². The number of benzene rings is 1. The highest BCUT2D eigenvalue weighted by atomic mass is 35.5. The van der Waals surface area contributed by atoms with Crippen molar-refractivity contribution in [1.29, 1.82) is 0 Å². The summed E-state index contributed by atoms with van der Waals surface area (Å²) in [6.07, 6.45) is -6.28. The van der Waals surface area contributed by atoms with Gasteiger partial charge < -0.3 is 10.4 Å². The molecule has 2 N–H and O–H groups in total. The second kappa shape index (κ2) is 7.56. The number of carbonyl (C=O) groups is 2. The minimum absolute atomic E-state index is 0.191. The van der Waals surface area contributed by atoms with Gasteiger partial charge in [0.25, 0.3) is 0 Å². The van der Waals surface area contributed by atoms with Crippen LogP contribution in [0, 0.1) is 0 Å². The Morgan fingerprint density at radius 2 is 1.86 bits per heavy atom. The molecule has 1 rings (SSSR count). The van der Waals surface area contributed by atoms with Crippen molar-refractivity contribution >= 4 is 35.2 Å². The van der Waals surface area contributed by atoms with Gasteiger partial charge in [0.1, 0.15) is 6.04 Å². The molecule has 0 saturated carbocycles. The third-order valence-corrected chi connectivity index (χ3v) is 3.52. The molecule has 0 spiro atoms. The van der Waals surface area contributed by atoms with Gasteiger partial charge in [-0.15, -0.1) is 11.8 Å². The predicted molar refractivity (Wildman–Crippen MR) is 72.4 cm³/mol. The molecular weight excluding hydrogens is 331 g/mol. The zero-order valence-corrected chi connectivity index (χ0v) is 12.1. The van der Waals surface area contributed by atoms with Crippen LogP contribution >= 0.6 is 23.4 Å². The van der Waals surface area contributed by atoms with Crippen molar-refractivity contribution in [3.63, 3.8) is 0 Å². The number of hydrogen-bond acceptors (Lipinski definition) is 3. The second-order valence-electron chi connectivity index (χ2n) is 4.02. The van der Waals surface area contributed by atoms with Gasteiger partial charge in [-0.25, -0.2) is 4.79 Å². The summed E-state index contributed by atoms with van der Waals surface area (Å²) in [6, 6.07) is 4.51. The van der Waals surface area contributed by atoms with Gasteiger partial charge in [0, 0.05) is 9.92 Å². The van der Waals surface area contributed by atoms with Crippen LogP contribution in [0.3, 0.4) is 0 Å². The molecule has 0 aliphatic heterocycles. The zero-order chi connectivity index (χ0) is 16.0. The van der Waals surface area contributed by atoms with E-state index in [4.69, 9.17) is 16.7 Å². The number of hydrogen-bond donors (Lipinski definition) is 2. The van der Waals surface area contributed by atoms with E-state index in [9.17, 15) is 22.8 Å². The van der Waals surface area contributed by atoms with E-state index >= 15 is 0 Å². The van der Waals surface area contributed by atoms with Crippen molar-refractivity contribution in [1.82, 2.24) is 5.32 Å². The van der Waals surface area contributed by atoms with Crippen LogP contribution in [-0.2, 0) is 9.59 Å². The highest BCUT2D eigenvalue weighted by Crippen LogP contribution is 2.22.